The van der Waals surface area contributed by atoms with E-state index in [1.54, 1.807) is 6.92 Å². The number of rotatable bonds is 8. The Morgan fingerprint density at radius 1 is 0.806 bits per heavy atom. The second-order valence-electron chi connectivity index (χ2n) is 7.68. The Labute approximate surface area is 204 Å². The van der Waals surface area contributed by atoms with E-state index in [1.807, 2.05) is 0 Å². The highest BCUT2D eigenvalue weighted by Gasteiger charge is 2.20. The first kappa shape index (κ1) is 26.2. The lowest BCUT2D eigenvalue weighted by Gasteiger charge is -2.15. The molecule has 1 unspecified atom stereocenters. The molecule has 8 heteroatoms. The van der Waals surface area contributed by atoms with Crippen LogP contribution in [-0.4, -0.2) is 11.9 Å². The fourth-order valence-corrected chi connectivity index (χ4v) is 3.18. The predicted molar refractivity (Wildman–Crippen MR) is 126 cm³/mol. The van der Waals surface area contributed by atoms with Gasteiger partial charge in [-0.25, -0.2) is 27.2 Å². The van der Waals surface area contributed by atoms with Crippen LogP contribution in [0.25, 0.3) is 0 Å². The van der Waals surface area contributed by atoms with Crippen molar-refractivity contribution < 1.29 is 36.6 Å². The van der Waals surface area contributed by atoms with Gasteiger partial charge in [-0.15, -0.1) is 0 Å². The van der Waals surface area contributed by atoms with Crippen molar-refractivity contribution in [2.24, 2.45) is 0 Å². The van der Waals surface area contributed by atoms with Gasteiger partial charge in [-0.3, -0.25) is 0 Å². The minimum Gasteiger partial charge on any atom is -0.424 e. The Bertz CT molecular complexity index is 1360. The third-order valence-corrected chi connectivity index (χ3v) is 5.12. The minimum atomic E-state index is -1.03. The maximum Gasteiger partial charge on any atom is 0.346 e. The van der Waals surface area contributed by atoms with Crippen molar-refractivity contribution in [1.29, 1.82) is 0 Å². The molecule has 36 heavy (non-hydrogen) atoms. The van der Waals surface area contributed by atoms with Gasteiger partial charge >= 0.3 is 11.9 Å². The molecular formula is C28H20F4O4. The number of carbonyl (C=O) groups is 2. The number of allylic oxidation sites excluding steroid dienone is 3. The smallest absolute Gasteiger partial charge is 0.346 e. The first-order valence-corrected chi connectivity index (χ1v) is 10.6. The van der Waals surface area contributed by atoms with Gasteiger partial charge in [0.1, 0.15) is 34.8 Å². The fourth-order valence-electron chi connectivity index (χ4n) is 3.18. The average molecular weight is 496 g/mol. The molecule has 0 bridgehead atoms. The Kier molecular flexibility index (Phi) is 8.22. The van der Waals surface area contributed by atoms with Crippen LogP contribution in [0.2, 0.25) is 0 Å². The van der Waals surface area contributed by atoms with Crippen LogP contribution >= 0.6 is 0 Å². The van der Waals surface area contributed by atoms with E-state index in [-0.39, 0.29) is 22.6 Å². The highest BCUT2D eigenvalue weighted by atomic mass is 19.1. The van der Waals surface area contributed by atoms with E-state index in [0.29, 0.717) is 11.1 Å². The molecule has 3 rings (SSSR count). The quantitative estimate of drug-likeness (QED) is 0.109. The van der Waals surface area contributed by atoms with E-state index in [0.717, 1.165) is 36.4 Å². The summed E-state index contributed by atoms with van der Waals surface area (Å²) in [5.74, 6) is -5.65. The summed E-state index contributed by atoms with van der Waals surface area (Å²) in [6.45, 7) is 8.12. The molecule has 0 aliphatic rings. The summed E-state index contributed by atoms with van der Waals surface area (Å²) in [5, 5.41) is 0. The summed E-state index contributed by atoms with van der Waals surface area (Å²) in [6.07, 6.45) is 2.01. The summed E-state index contributed by atoms with van der Waals surface area (Å²) in [4.78, 5) is 24.5. The van der Waals surface area contributed by atoms with E-state index < -0.39 is 41.1 Å². The predicted octanol–water partition coefficient (Wildman–Crippen LogP) is 7.18. The lowest BCUT2D eigenvalue weighted by atomic mass is 9.91. The second-order valence-corrected chi connectivity index (χ2v) is 7.68. The van der Waals surface area contributed by atoms with Crippen molar-refractivity contribution in [2.45, 2.75) is 12.8 Å². The maximum atomic E-state index is 14.7. The Balaban J connectivity index is 1.73. The van der Waals surface area contributed by atoms with Gasteiger partial charge in [0.2, 0.25) is 0 Å². The molecule has 3 aromatic carbocycles. The highest BCUT2D eigenvalue weighted by molar-refractivity contribution is 5.91. The largest absolute Gasteiger partial charge is 0.424 e. The van der Waals surface area contributed by atoms with Crippen LogP contribution in [-0.2, 0) is 4.74 Å². The minimum absolute atomic E-state index is 0.0554. The molecule has 0 spiro atoms. The van der Waals surface area contributed by atoms with Gasteiger partial charge in [-0.2, -0.15) is 0 Å². The number of hydrogen-bond donors (Lipinski definition) is 0. The molecule has 3 aromatic rings. The first-order valence-electron chi connectivity index (χ1n) is 10.6. The Morgan fingerprint density at radius 2 is 1.33 bits per heavy atom. The van der Waals surface area contributed by atoms with Crippen LogP contribution in [0.3, 0.4) is 0 Å². The van der Waals surface area contributed by atoms with Gasteiger partial charge in [0.25, 0.3) is 0 Å². The van der Waals surface area contributed by atoms with Crippen molar-refractivity contribution in [2.75, 3.05) is 0 Å². The van der Waals surface area contributed by atoms with Gasteiger partial charge in [0.05, 0.1) is 11.1 Å². The molecule has 0 saturated carbocycles. The van der Waals surface area contributed by atoms with Gasteiger partial charge in [-0.05, 0) is 71.8 Å². The SMILES string of the molecule is C=C(F)C=CC(=C)OC(=O)c1ccc(C(C)c2ccc(C(=O)Oc3ccc(F)cc3)c(F)c2)cc1F. The summed E-state index contributed by atoms with van der Waals surface area (Å²) < 4.78 is 64.9. The highest BCUT2D eigenvalue weighted by Crippen LogP contribution is 2.28. The third kappa shape index (κ3) is 6.56. The second kappa shape index (κ2) is 11.3. The van der Waals surface area contributed by atoms with Crippen molar-refractivity contribution in [3.8, 4) is 5.75 Å². The first-order chi connectivity index (χ1) is 17.0. The average Bonchev–Trinajstić information content (AvgIpc) is 2.83. The van der Waals surface area contributed by atoms with E-state index in [4.69, 9.17) is 9.47 Å². The Hall–Kier alpha value is -4.46. The van der Waals surface area contributed by atoms with Crippen LogP contribution in [0.1, 0.15) is 44.7 Å². The monoisotopic (exact) mass is 496 g/mol. The van der Waals surface area contributed by atoms with Crippen molar-refractivity contribution in [1.82, 2.24) is 0 Å². The van der Waals surface area contributed by atoms with Crippen LogP contribution in [0, 0.1) is 17.5 Å². The number of carbonyl (C=O) groups excluding carboxylic acids is 2. The van der Waals surface area contributed by atoms with Crippen molar-refractivity contribution in [3.05, 3.63) is 137 Å². The molecule has 1 atom stereocenters. The number of esters is 2. The number of benzene rings is 3. The van der Waals surface area contributed by atoms with Crippen molar-refractivity contribution in [3.63, 3.8) is 0 Å². The lowest BCUT2D eigenvalue weighted by Crippen LogP contribution is -2.11. The van der Waals surface area contributed by atoms with Gasteiger partial charge in [-0.1, -0.05) is 32.2 Å². The van der Waals surface area contributed by atoms with Gasteiger partial charge in [0, 0.05) is 5.92 Å². The summed E-state index contributed by atoms with van der Waals surface area (Å²) in [6, 6.07) is 12.3. The molecule has 0 N–H and O–H groups in total. The summed E-state index contributed by atoms with van der Waals surface area (Å²) >= 11 is 0. The number of halogens is 4. The zero-order valence-corrected chi connectivity index (χ0v) is 19.1. The summed E-state index contributed by atoms with van der Waals surface area (Å²) in [7, 11) is 0. The zero-order valence-electron chi connectivity index (χ0n) is 19.1. The lowest BCUT2D eigenvalue weighted by molar-refractivity contribution is 0.0632. The normalized spacial score (nSPS) is 11.7. The molecule has 0 radical (unpaired) electrons. The number of ether oxygens (including phenoxy) is 2. The van der Waals surface area contributed by atoms with E-state index in [2.05, 4.69) is 13.2 Å². The molecule has 0 saturated heterocycles. The molecular weight excluding hydrogens is 476 g/mol. The molecule has 4 nitrogen and oxygen atoms in total. The fraction of sp³-hybridized carbons (Fsp3) is 0.0714. The van der Waals surface area contributed by atoms with Crippen LogP contribution < -0.4 is 4.74 Å². The Morgan fingerprint density at radius 3 is 1.83 bits per heavy atom. The zero-order chi connectivity index (χ0) is 26.4. The molecule has 184 valence electrons. The molecule has 0 fully saturated rings. The van der Waals surface area contributed by atoms with Gasteiger partial charge < -0.3 is 9.47 Å². The molecule has 0 aliphatic carbocycles. The molecule has 0 amide bonds. The van der Waals surface area contributed by atoms with Gasteiger partial charge in [0.15, 0.2) is 0 Å². The molecule has 0 heterocycles. The van der Waals surface area contributed by atoms with Crippen LogP contribution in [0.5, 0.6) is 5.75 Å². The van der Waals surface area contributed by atoms with Crippen LogP contribution in [0.15, 0.2) is 97.6 Å². The number of hydrogen-bond acceptors (Lipinski definition) is 4. The van der Waals surface area contributed by atoms with E-state index in [9.17, 15) is 27.2 Å². The molecule has 0 aromatic heterocycles. The van der Waals surface area contributed by atoms with E-state index >= 15 is 0 Å². The third-order valence-electron chi connectivity index (χ3n) is 5.12. The van der Waals surface area contributed by atoms with Crippen molar-refractivity contribution >= 4 is 11.9 Å². The van der Waals surface area contributed by atoms with E-state index in [1.165, 1.54) is 36.4 Å². The van der Waals surface area contributed by atoms with Crippen LogP contribution in [0.4, 0.5) is 17.6 Å². The summed E-state index contributed by atoms with van der Waals surface area (Å²) in [5.41, 5.74) is 0.165. The molecule has 0 aliphatic heterocycles. The topological polar surface area (TPSA) is 52.6 Å². The maximum absolute atomic E-state index is 14.7. The standard InChI is InChI=1S/C28H20F4O4/c1-16(29)4-5-17(2)35-27(33)23-12-6-19(14-25(23)31)18(3)20-7-13-24(26(32)15-20)28(34)36-22-10-8-21(30)9-11-22/h4-15,18H,1-2H2,3H3.